The molecule has 1 N–H and O–H groups in total. The molecule has 1 aliphatic rings. The molecule has 1 aliphatic heterocycles. The van der Waals surface area contributed by atoms with E-state index < -0.39 is 0 Å². The van der Waals surface area contributed by atoms with Crippen LogP contribution >= 0.6 is 0 Å². The summed E-state index contributed by atoms with van der Waals surface area (Å²) in [6.45, 7) is 6.31. The van der Waals surface area contributed by atoms with E-state index in [4.69, 9.17) is 0 Å². The van der Waals surface area contributed by atoms with Gasteiger partial charge in [-0.3, -0.25) is 0 Å². The zero-order valence-corrected chi connectivity index (χ0v) is 11.0. The molecule has 0 unspecified atom stereocenters. The van der Waals surface area contributed by atoms with Gasteiger partial charge in [0.15, 0.2) is 11.6 Å². The molecule has 0 radical (unpaired) electrons. The van der Waals surface area contributed by atoms with E-state index in [1.165, 1.54) is 6.20 Å². The zero-order chi connectivity index (χ0) is 13.0. The average molecular weight is 253 g/mol. The second-order valence-corrected chi connectivity index (χ2v) is 4.54. The van der Waals surface area contributed by atoms with Crippen LogP contribution in [0.4, 0.5) is 16.2 Å². The van der Waals surface area contributed by atoms with Gasteiger partial charge in [0.05, 0.1) is 6.20 Å². The van der Waals surface area contributed by atoms with Crippen molar-refractivity contribution in [2.75, 3.05) is 50.0 Å². The van der Waals surface area contributed by atoms with Gasteiger partial charge < -0.3 is 15.1 Å². The van der Waals surface area contributed by atoms with Crippen LogP contribution in [0.15, 0.2) is 6.20 Å². The summed E-state index contributed by atoms with van der Waals surface area (Å²) < 4.78 is 13.8. The largest absolute Gasteiger partial charge is 0.354 e. The maximum absolute atomic E-state index is 13.8. The predicted octanol–water partition coefficient (Wildman–Crippen LogP) is 1.19. The third kappa shape index (κ3) is 3.07. The molecule has 2 heterocycles. The molecule has 0 amide bonds. The zero-order valence-electron chi connectivity index (χ0n) is 11.0. The normalized spacial score (nSPS) is 17.6. The maximum Gasteiger partial charge on any atom is 0.224 e. The van der Waals surface area contributed by atoms with Crippen molar-refractivity contribution < 1.29 is 4.39 Å². The number of likely N-dealkylation sites (N-methyl/N-ethyl adjacent to an activating group) is 1. The van der Waals surface area contributed by atoms with Gasteiger partial charge in [0, 0.05) is 26.2 Å². The standard InChI is InChI=1S/C12H20FN5/c1-3-14-12-15-9-10(13)11(16-12)18-6-4-5-17(2)7-8-18/h9H,3-8H2,1-2H3,(H,14,15,16). The Bertz CT molecular complexity index is 398. The van der Waals surface area contributed by atoms with Crippen LogP contribution in [0.1, 0.15) is 13.3 Å². The highest BCUT2D eigenvalue weighted by Gasteiger charge is 2.18. The van der Waals surface area contributed by atoms with E-state index in [1.54, 1.807) is 0 Å². The van der Waals surface area contributed by atoms with E-state index >= 15 is 0 Å². The van der Waals surface area contributed by atoms with Crippen molar-refractivity contribution in [3.05, 3.63) is 12.0 Å². The van der Waals surface area contributed by atoms with Crippen LogP contribution in [-0.4, -0.2) is 54.6 Å². The van der Waals surface area contributed by atoms with Gasteiger partial charge >= 0.3 is 0 Å². The molecule has 18 heavy (non-hydrogen) atoms. The summed E-state index contributed by atoms with van der Waals surface area (Å²) in [5.41, 5.74) is 0. The Labute approximate surface area is 107 Å². The first-order valence-electron chi connectivity index (χ1n) is 6.40. The molecular weight excluding hydrogens is 233 g/mol. The van der Waals surface area contributed by atoms with E-state index in [1.807, 2.05) is 11.8 Å². The molecule has 1 aromatic heterocycles. The van der Waals surface area contributed by atoms with Crippen molar-refractivity contribution in [2.24, 2.45) is 0 Å². The van der Waals surface area contributed by atoms with Gasteiger partial charge in [-0.1, -0.05) is 0 Å². The van der Waals surface area contributed by atoms with Crippen molar-refractivity contribution in [1.29, 1.82) is 0 Å². The van der Waals surface area contributed by atoms with Gasteiger partial charge in [-0.2, -0.15) is 4.98 Å². The number of hydrogen-bond acceptors (Lipinski definition) is 5. The first kappa shape index (κ1) is 13.0. The van der Waals surface area contributed by atoms with Crippen LogP contribution in [0.5, 0.6) is 0 Å². The highest BCUT2D eigenvalue weighted by molar-refractivity contribution is 5.44. The second kappa shape index (κ2) is 5.95. The number of rotatable bonds is 3. The SMILES string of the molecule is CCNc1ncc(F)c(N2CCCN(C)CC2)n1. The molecule has 1 fully saturated rings. The second-order valence-electron chi connectivity index (χ2n) is 4.54. The van der Waals surface area contributed by atoms with E-state index in [-0.39, 0.29) is 5.82 Å². The van der Waals surface area contributed by atoms with Crippen LogP contribution in [0.2, 0.25) is 0 Å². The number of nitrogens with zero attached hydrogens (tertiary/aromatic N) is 4. The van der Waals surface area contributed by atoms with Crippen LogP contribution < -0.4 is 10.2 Å². The number of halogens is 1. The highest BCUT2D eigenvalue weighted by atomic mass is 19.1. The Hall–Kier alpha value is -1.43. The van der Waals surface area contributed by atoms with Gasteiger partial charge in [-0.05, 0) is 26.9 Å². The van der Waals surface area contributed by atoms with Gasteiger partial charge in [0.25, 0.3) is 0 Å². The molecule has 1 aromatic rings. The topological polar surface area (TPSA) is 44.3 Å². The summed E-state index contributed by atoms with van der Waals surface area (Å²) in [5, 5.41) is 3.01. The van der Waals surface area contributed by atoms with Crippen LogP contribution in [-0.2, 0) is 0 Å². The molecule has 0 spiro atoms. The van der Waals surface area contributed by atoms with E-state index in [2.05, 4.69) is 27.2 Å². The lowest BCUT2D eigenvalue weighted by Gasteiger charge is -2.22. The van der Waals surface area contributed by atoms with Crippen molar-refractivity contribution >= 4 is 11.8 Å². The van der Waals surface area contributed by atoms with Crippen LogP contribution in [0.25, 0.3) is 0 Å². The molecule has 100 valence electrons. The smallest absolute Gasteiger partial charge is 0.224 e. The average Bonchev–Trinajstić information content (AvgIpc) is 2.57. The molecule has 2 rings (SSSR count). The maximum atomic E-state index is 13.8. The third-order valence-electron chi connectivity index (χ3n) is 3.08. The Kier molecular flexibility index (Phi) is 4.30. The lowest BCUT2D eigenvalue weighted by atomic mass is 10.4. The molecule has 0 saturated carbocycles. The Morgan fingerprint density at radius 2 is 2.17 bits per heavy atom. The van der Waals surface area contributed by atoms with Gasteiger partial charge in [-0.15, -0.1) is 0 Å². The van der Waals surface area contributed by atoms with Crippen molar-refractivity contribution in [2.45, 2.75) is 13.3 Å². The van der Waals surface area contributed by atoms with Crippen molar-refractivity contribution in [3.8, 4) is 0 Å². The summed E-state index contributed by atoms with van der Waals surface area (Å²) in [7, 11) is 2.09. The third-order valence-corrected chi connectivity index (χ3v) is 3.08. The first-order valence-corrected chi connectivity index (χ1v) is 6.40. The number of nitrogens with one attached hydrogen (secondary N) is 1. The summed E-state index contributed by atoms with van der Waals surface area (Å²) in [4.78, 5) is 12.4. The number of anilines is 2. The fraction of sp³-hybridized carbons (Fsp3) is 0.667. The fourth-order valence-corrected chi connectivity index (χ4v) is 2.08. The molecule has 0 atom stereocenters. The van der Waals surface area contributed by atoms with Gasteiger partial charge in [0.1, 0.15) is 0 Å². The lowest BCUT2D eigenvalue weighted by Crippen LogP contribution is -2.30. The molecule has 6 heteroatoms. The first-order chi connectivity index (χ1) is 8.70. The number of hydrogen-bond donors (Lipinski definition) is 1. The molecule has 0 aromatic carbocycles. The molecule has 0 aliphatic carbocycles. The Morgan fingerprint density at radius 3 is 2.94 bits per heavy atom. The van der Waals surface area contributed by atoms with E-state index in [9.17, 15) is 4.39 Å². The van der Waals surface area contributed by atoms with Crippen molar-refractivity contribution in [1.82, 2.24) is 14.9 Å². The van der Waals surface area contributed by atoms with E-state index in [0.717, 1.165) is 39.1 Å². The monoisotopic (exact) mass is 253 g/mol. The predicted molar refractivity (Wildman–Crippen MR) is 70.5 cm³/mol. The molecule has 5 nitrogen and oxygen atoms in total. The minimum Gasteiger partial charge on any atom is -0.354 e. The van der Waals surface area contributed by atoms with E-state index in [0.29, 0.717) is 11.8 Å². The van der Waals surface area contributed by atoms with Crippen molar-refractivity contribution in [3.63, 3.8) is 0 Å². The molecular formula is C12H20FN5. The van der Waals surface area contributed by atoms with Crippen LogP contribution in [0, 0.1) is 5.82 Å². The van der Waals surface area contributed by atoms with Crippen LogP contribution in [0.3, 0.4) is 0 Å². The summed E-state index contributed by atoms with van der Waals surface area (Å²) in [5.74, 6) is 0.559. The lowest BCUT2D eigenvalue weighted by molar-refractivity contribution is 0.360. The minimum absolute atomic E-state index is 0.346. The fourth-order valence-electron chi connectivity index (χ4n) is 2.08. The Balaban J connectivity index is 2.17. The minimum atomic E-state index is -0.346. The Morgan fingerprint density at radius 1 is 1.33 bits per heavy atom. The number of aromatic nitrogens is 2. The molecule has 0 bridgehead atoms. The molecule has 1 saturated heterocycles. The summed E-state index contributed by atoms with van der Waals surface area (Å²) in [6, 6.07) is 0. The quantitative estimate of drug-likeness (QED) is 0.876. The van der Waals surface area contributed by atoms with Gasteiger partial charge in [0.2, 0.25) is 5.95 Å². The summed E-state index contributed by atoms with van der Waals surface area (Å²) >= 11 is 0. The van der Waals surface area contributed by atoms with Gasteiger partial charge in [-0.25, -0.2) is 9.37 Å². The summed E-state index contributed by atoms with van der Waals surface area (Å²) in [6.07, 6.45) is 2.27. The highest BCUT2D eigenvalue weighted by Crippen LogP contribution is 2.18.